The first-order chi connectivity index (χ1) is 9.47. The van der Waals surface area contributed by atoms with E-state index in [1.54, 1.807) is 36.4 Å². The highest BCUT2D eigenvalue weighted by atomic mass is 79.9. The molecule has 4 nitrogen and oxygen atoms in total. The third-order valence-corrected chi connectivity index (χ3v) is 3.92. The van der Waals surface area contributed by atoms with Crippen LogP contribution in [-0.2, 0) is 11.2 Å². The number of aromatic hydroxyl groups is 1. The number of nitrogen functional groups attached to an aromatic ring is 1. The van der Waals surface area contributed by atoms with E-state index in [4.69, 9.17) is 5.73 Å². The number of para-hydroxylation sites is 1. The number of carbonyl (C=O) groups excluding carboxylic acids is 1. The highest BCUT2D eigenvalue weighted by Gasteiger charge is 2.12. The zero-order valence-electron chi connectivity index (χ0n) is 10.4. The maximum atomic E-state index is 12.0. The molecule has 0 unspecified atom stereocenters. The third-order valence-electron chi connectivity index (χ3n) is 2.67. The van der Waals surface area contributed by atoms with Crippen LogP contribution in [0.5, 0.6) is 5.75 Å². The zero-order chi connectivity index (χ0) is 14.7. The number of hydrogen-bond acceptors (Lipinski definition) is 3. The van der Waals surface area contributed by atoms with Gasteiger partial charge in [0.05, 0.1) is 12.1 Å². The fourth-order valence-corrected chi connectivity index (χ4v) is 3.15. The van der Waals surface area contributed by atoms with E-state index in [-0.39, 0.29) is 18.1 Å². The Kier molecular flexibility index (Phi) is 4.67. The van der Waals surface area contributed by atoms with Gasteiger partial charge < -0.3 is 16.2 Å². The highest BCUT2D eigenvalue weighted by Crippen LogP contribution is 2.33. The van der Waals surface area contributed by atoms with Crippen LogP contribution in [0.25, 0.3) is 0 Å². The molecule has 0 heterocycles. The summed E-state index contributed by atoms with van der Waals surface area (Å²) >= 11 is 6.70. The summed E-state index contributed by atoms with van der Waals surface area (Å²) in [6, 6.07) is 10.2. The van der Waals surface area contributed by atoms with Gasteiger partial charge in [-0.25, -0.2) is 0 Å². The number of nitrogens with one attached hydrogen (secondary N) is 1. The van der Waals surface area contributed by atoms with Crippen LogP contribution >= 0.6 is 31.9 Å². The molecular weight excluding hydrogens is 388 g/mol. The lowest BCUT2D eigenvalue weighted by atomic mass is 10.1. The van der Waals surface area contributed by atoms with Crippen LogP contribution in [0.4, 0.5) is 11.4 Å². The quantitative estimate of drug-likeness (QED) is 0.689. The number of phenolic OH excluding ortho intramolecular Hbond substituents is 1. The molecule has 2 rings (SSSR count). The van der Waals surface area contributed by atoms with Gasteiger partial charge in [-0.1, -0.05) is 18.2 Å². The Bertz CT molecular complexity index is 636. The molecule has 0 spiro atoms. The van der Waals surface area contributed by atoms with Crippen LogP contribution in [0.3, 0.4) is 0 Å². The number of carbonyl (C=O) groups is 1. The summed E-state index contributed by atoms with van der Waals surface area (Å²) in [6.45, 7) is 0. The monoisotopic (exact) mass is 398 g/mol. The maximum absolute atomic E-state index is 12.0. The standard InChI is InChI=1S/C14H12Br2N2O2/c15-10-6-9(17)7-11(16)14(10)18-13(20)5-8-3-1-2-4-12(8)19/h1-4,6-7,19H,5,17H2,(H,18,20). The molecule has 20 heavy (non-hydrogen) atoms. The highest BCUT2D eigenvalue weighted by molar-refractivity contribution is 9.11. The summed E-state index contributed by atoms with van der Waals surface area (Å²) in [5.41, 5.74) is 7.47. The smallest absolute Gasteiger partial charge is 0.228 e. The van der Waals surface area contributed by atoms with E-state index in [1.165, 1.54) is 0 Å². The average Bonchev–Trinajstić information content (AvgIpc) is 2.36. The first-order valence-corrected chi connectivity index (χ1v) is 7.37. The molecule has 2 aromatic rings. The molecule has 0 saturated carbocycles. The SMILES string of the molecule is Nc1cc(Br)c(NC(=O)Cc2ccccc2O)c(Br)c1. The number of anilines is 2. The summed E-state index contributed by atoms with van der Waals surface area (Å²) in [4.78, 5) is 12.0. The molecule has 0 radical (unpaired) electrons. The minimum Gasteiger partial charge on any atom is -0.508 e. The summed E-state index contributed by atoms with van der Waals surface area (Å²) < 4.78 is 1.38. The molecule has 0 aliphatic carbocycles. The minimum atomic E-state index is -0.224. The van der Waals surface area contributed by atoms with Gasteiger partial charge in [0.1, 0.15) is 5.75 Å². The topological polar surface area (TPSA) is 75.3 Å². The second-order valence-electron chi connectivity index (χ2n) is 4.21. The Labute approximate surface area is 133 Å². The Morgan fingerprint density at radius 1 is 1.20 bits per heavy atom. The largest absolute Gasteiger partial charge is 0.508 e. The molecule has 0 fully saturated rings. The second kappa shape index (κ2) is 6.28. The van der Waals surface area contributed by atoms with Crippen molar-refractivity contribution in [3.8, 4) is 5.75 Å². The van der Waals surface area contributed by atoms with E-state index in [0.29, 0.717) is 25.9 Å². The average molecular weight is 400 g/mol. The van der Waals surface area contributed by atoms with Gasteiger partial charge in [-0.15, -0.1) is 0 Å². The van der Waals surface area contributed by atoms with Gasteiger partial charge in [0, 0.05) is 20.2 Å². The lowest BCUT2D eigenvalue weighted by molar-refractivity contribution is -0.115. The predicted octanol–water partition coefficient (Wildman–Crippen LogP) is 3.68. The molecule has 2 aromatic carbocycles. The summed E-state index contributed by atoms with van der Waals surface area (Å²) in [5.74, 6) is -0.115. The number of benzene rings is 2. The lowest BCUT2D eigenvalue weighted by Crippen LogP contribution is -2.15. The third kappa shape index (κ3) is 3.52. The van der Waals surface area contributed by atoms with Gasteiger partial charge in [-0.2, -0.15) is 0 Å². The number of nitrogens with two attached hydrogens (primary N) is 1. The minimum absolute atomic E-state index is 0.0932. The molecular formula is C14H12Br2N2O2. The van der Waals surface area contributed by atoms with Crippen molar-refractivity contribution >= 4 is 49.1 Å². The zero-order valence-corrected chi connectivity index (χ0v) is 13.5. The molecule has 0 atom stereocenters. The van der Waals surface area contributed by atoms with Gasteiger partial charge in [-0.05, 0) is 50.1 Å². The van der Waals surface area contributed by atoms with Crippen LogP contribution in [-0.4, -0.2) is 11.0 Å². The van der Waals surface area contributed by atoms with Gasteiger partial charge in [0.2, 0.25) is 5.91 Å². The van der Waals surface area contributed by atoms with Crippen molar-refractivity contribution < 1.29 is 9.90 Å². The van der Waals surface area contributed by atoms with E-state index in [9.17, 15) is 9.90 Å². The summed E-state index contributed by atoms with van der Waals surface area (Å²) in [6.07, 6.45) is 0.0932. The van der Waals surface area contributed by atoms with E-state index in [1.807, 2.05) is 0 Å². The summed E-state index contributed by atoms with van der Waals surface area (Å²) in [7, 11) is 0. The number of rotatable bonds is 3. The molecule has 4 N–H and O–H groups in total. The normalized spacial score (nSPS) is 10.3. The van der Waals surface area contributed by atoms with Crippen molar-refractivity contribution in [3.05, 3.63) is 50.9 Å². The molecule has 0 aromatic heterocycles. The van der Waals surface area contributed by atoms with Crippen molar-refractivity contribution in [2.45, 2.75) is 6.42 Å². The van der Waals surface area contributed by atoms with Crippen LogP contribution in [0.2, 0.25) is 0 Å². The van der Waals surface area contributed by atoms with Gasteiger partial charge in [-0.3, -0.25) is 4.79 Å². The molecule has 0 aliphatic rings. The summed E-state index contributed by atoms with van der Waals surface area (Å²) in [5, 5.41) is 12.4. The Hall–Kier alpha value is -1.53. The van der Waals surface area contributed by atoms with Crippen molar-refractivity contribution in [3.63, 3.8) is 0 Å². The number of amides is 1. The van der Waals surface area contributed by atoms with Crippen molar-refractivity contribution in [2.75, 3.05) is 11.1 Å². The van der Waals surface area contributed by atoms with Crippen molar-refractivity contribution in [2.24, 2.45) is 0 Å². The van der Waals surface area contributed by atoms with Gasteiger partial charge >= 0.3 is 0 Å². The second-order valence-corrected chi connectivity index (χ2v) is 5.92. The predicted molar refractivity (Wildman–Crippen MR) is 86.7 cm³/mol. The Morgan fingerprint density at radius 3 is 2.40 bits per heavy atom. The van der Waals surface area contributed by atoms with Crippen LogP contribution in [0.15, 0.2) is 45.3 Å². The van der Waals surface area contributed by atoms with Crippen LogP contribution in [0, 0.1) is 0 Å². The first kappa shape index (κ1) is 14.9. The number of hydrogen-bond donors (Lipinski definition) is 3. The van der Waals surface area contributed by atoms with Gasteiger partial charge in [0.25, 0.3) is 0 Å². The lowest BCUT2D eigenvalue weighted by Gasteiger charge is -2.11. The maximum Gasteiger partial charge on any atom is 0.228 e. The Balaban J connectivity index is 2.15. The van der Waals surface area contributed by atoms with Crippen LogP contribution < -0.4 is 11.1 Å². The fourth-order valence-electron chi connectivity index (χ4n) is 1.73. The molecule has 1 amide bonds. The molecule has 6 heteroatoms. The van der Waals surface area contributed by atoms with Crippen molar-refractivity contribution in [1.29, 1.82) is 0 Å². The van der Waals surface area contributed by atoms with E-state index in [0.717, 1.165) is 0 Å². The first-order valence-electron chi connectivity index (χ1n) is 5.78. The van der Waals surface area contributed by atoms with Crippen LogP contribution in [0.1, 0.15) is 5.56 Å². The van der Waals surface area contributed by atoms with E-state index >= 15 is 0 Å². The van der Waals surface area contributed by atoms with E-state index < -0.39 is 0 Å². The molecule has 0 aliphatic heterocycles. The fraction of sp³-hybridized carbons (Fsp3) is 0.0714. The number of phenols is 1. The number of halogens is 2. The molecule has 104 valence electrons. The molecule has 0 saturated heterocycles. The van der Waals surface area contributed by atoms with Gasteiger partial charge in [0.15, 0.2) is 0 Å². The van der Waals surface area contributed by atoms with E-state index in [2.05, 4.69) is 37.2 Å². The molecule has 0 bridgehead atoms. The Morgan fingerprint density at radius 2 is 1.80 bits per heavy atom. The van der Waals surface area contributed by atoms with Crippen molar-refractivity contribution in [1.82, 2.24) is 0 Å².